The van der Waals surface area contributed by atoms with Gasteiger partial charge in [0.05, 0.1) is 6.04 Å². The van der Waals surface area contributed by atoms with E-state index in [1.54, 1.807) is 0 Å². The van der Waals surface area contributed by atoms with E-state index in [9.17, 15) is 4.79 Å². The molecule has 1 aliphatic rings. The van der Waals surface area contributed by atoms with Gasteiger partial charge in [0.2, 0.25) is 0 Å². The summed E-state index contributed by atoms with van der Waals surface area (Å²) in [6.45, 7) is 0.997. The van der Waals surface area contributed by atoms with Crippen LogP contribution in [0, 0.1) is 0 Å². The lowest BCUT2D eigenvalue weighted by atomic mass is 10.0. The molecule has 0 saturated carbocycles. The highest BCUT2D eigenvalue weighted by Gasteiger charge is 2.20. The largest absolute Gasteiger partial charge is 0.491 e. The molecule has 0 aliphatic carbocycles. The Morgan fingerprint density at radius 1 is 1.23 bits per heavy atom. The molecule has 2 N–H and O–H groups in total. The van der Waals surface area contributed by atoms with E-state index in [4.69, 9.17) is 4.74 Å². The van der Waals surface area contributed by atoms with Gasteiger partial charge in [0.25, 0.3) is 0 Å². The number of amides is 2. The Kier molecular flexibility index (Phi) is 4.63. The topological polar surface area (TPSA) is 50.4 Å². The molecule has 22 heavy (non-hydrogen) atoms. The highest BCUT2D eigenvalue weighted by molar-refractivity contribution is 9.10. The summed E-state index contributed by atoms with van der Waals surface area (Å²) in [5.41, 5.74) is 2.18. The van der Waals surface area contributed by atoms with Gasteiger partial charge in [-0.1, -0.05) is 46.3 Å². The molecule has 2 amide bonds. The van der Waals surface area contributed by atoms with Crippen LogP contribution in [0.25, 0.3) is 0 Å². The van der Waals surface area contributed by atoms with Gasteiger partial charge in [-0.15, -0.1) is 0 Å². The number of hydrogen-bond acceptors (Lipinski definition) is 2. The molecule has 1 heterocycles. The third-order valence-electron chi connectivity index (χ3n) is 3.56. The lowest BCUT2D eigenvalue weighted by Gasteiger charge is -2.26. The molecule has 1 atom stereocenters. The van der Waals surface area contributed by atoms with E-state index in [2.05, 4.69) is 26.6 Å². The summed E-state index contributed by atoms with van der Waals surface area (Å²) in [5, 5.41) is 5.83. The Morgan fingerprint density at radius 2 is 2.09 bits per heavy atom. The third kappa shape index (κ3) is 3.80. The number of halogens is 1. The zero-order valence-corrected chi connectivity index (χ0v) is 13.6. The number of carbonyl (C=O) groups is 1. The number of urea groups is 1. The van der Waals surface area contributed by atoms with Crippen molar-refractivity contribution >= 4 is 22.0 Å². The molecule has 5 heteroatoms. The van der Waals surface area contributed by atoms with Gasteiger partial charge in [0.15, 0.2) is 0 Å². The average molecular weight is 361 g/mol. The first-order valence-electron chi connectivity index (χ1n) is 7.20. The highest BCUT2D eigenvalue weighted by atomic mass is 79.9. The molecule has 0 saturated heterocycles. The van der Waals surface area contributed by atoms with Crippen LogP contribution in [0.3, 0.4) is 0 Å². The van der Waals surface area contributed by atoms with Gasteiger partial charge in [0, 0.05) is 11.0 Å². The molecule has 0 fully saturated rings. The number of carbonyl (C=O) groups excluding carboxylic acids is 1. The zero-order chi connectivity index (χ0) is 15.4. The van der Waals surface area contributed by atoms with Gasteiger partial charge in [-0.05, 0) is 35.7 Å². The Bertz CT molecular complexity index is 675. The fourth-order valence-electron chi connectivity index (χ4n) is 2.49. The van der Waals surface area contributed by atoms with Crippen molar-refractivity contribution in [2.24, 2.45) is 0 Å². The van der Waals surface area contributed by atoms with Crippen molar-refractivity contribution in [3.8, 4) is 5.75 Å². The van der Waals surface area contributed by atoms with E-state index in [1.165, 1.54) is 0 Å². The van der Waals surface area contributed by atoms with E-state index in [-0.39, 0.29) is 12.1 Å². The normalized spacial score (nSPS) is 16.3. The predicted octanol–water partition coefficient (Wildman–Crippen LogP) is 3.25. The summed E-state index contributed by atoms with van der Waals surface area (Å²) in [5.74, 6) is 0.912. The van der Waals surface area contributed by atoms with Crippen LogP contribution in [-0.4, -0.2) is 18.7 Å². The molecule has 0 unspecified atom stereocenters. The minimum atomic E-state index is -0.173. The number of fused-ring (bicyclic) bond motifs is 1. The van der Waals surface area contributed by atoms with Crippen molar-refractivity contribution in [3.05, 3.63) is 64.1 Å². The zero-order valence-electron chi connectivity index (χ0n) is 12.0. The van der Waals surface area contributed by atoms with Crippen LogP contribution >= 0.6 is 15.9 Å². The number of hydrogen-bond donors (Lipinski definition) is 2. The standard InChI is InChI=1S/C17H17BrN2O2/c18-14-6-3-4-12(8-14)10-19-17(21)20-15-9-13-5-1-2-7-16(13)22-11-15/h1-8,15H,9-11H2,(H2,19,20,21)/t15-/m0/s1. The number of para-hydroxylation sites is 1. The fourth-order valence-corrected chi connectivity index (χ4v) is 2.93. The van der Waals surface area contributed by atoms with Gasteiger partial charge in [-0.2, -0.15) is 0 Å². The second kappa shape index (κ2) is 6.83. The first-order chi connectivity index (χ1) is 10.7. The quantitative estimate of drug-likeness (QED) is 0.882. The van der Waals surface area contributed by atoms with E-state index in [0.29, 0.717) is 13.2 Å². The van der Waals surface area contributed by atoms with Crippen molar-refractivity contribution in [1.29, 1.82) is 0 Å². The highest BCUT2D eigenvalue weighted by Crippen LogP contribution is 2.23. The minimum Gasteiger partial charge on any atom is -0.491 e. The molecular weight excluding hydrogens is 344 g/mol. The molecule has 0 spiro atoms. The maximum atomic E-state index is 12.0. The van der Waals surface area contributed by atoms with E-state index >= 15 is 0 Å². The molecule has 0 radical (unpaired) electrons. The average Bonchev–Trinajstić information content (AvgIpc) is 2.53. The van der Waals surface area contributed by atoms with Crippen molar-refractivity contribution in [3.63, 3.8) is 0 Å². The Balaban J connectivity index is 1.50. The monoisotopic (exact) mass is 360 g/mol. The molecule has 1 aliphatic heterocycles. The van der Waals surface area contributed by atoms with Crippen molar-refractivity contribution in [2.45, 2.75) is 19.0 Å². The van der Waals surface area contributed by atoms with Crippen molar-refractivity contribution in [2.75, 3.05) is 6.61 Å². The van der Waals surface area contributed by atoms with Crippen molar-refractivity contribution in [1.82, 2.24) is 10.6 Å². The van der Waals surface area contributed by atoms with E-state index in [1.807, 2.05) is 48.5 Å². The maximum Gasteiger partial charge on any atom is 0.315 e. The van der Waals surface area contributed by atoms with Crippen LogP contribution in [0.5, 0.6) is 5.75 Å². The van der Waals surface area contributed by atoms with Crippen molar-refractivity contribution < 1.29 is 9.53 Å². The summed E-state index contributed by atoms with van der Waals surface area (Å²) in [4.78, 5) is 12.0. The predicted molar refractivity (Wildman–Crippen MR) is 88.9 cm³/mol. The Labute approximate surface area is 138 Å². The number of rotatable bonds is 3. The molecule has 2 aromatic carbocycles. The fraction of sp³-hybridized carbons (Fsp3) is 0.235. The van der Waals surface area contributed by atoms with Gasteiger partial charge >= 0.3 is 6.03 Å². The van der Waals surface area contributed by atoms with Gasteiger partial charge in [-0.25, -0.2) is 4.79 Å². The van der Waals surface area contributed by atoms with Crippen LogP contribution in [0.4, 0.5) is 4.79 Å². The Hall–Kier alpha value is -2.01. The lowest BCUT2D eigenvalue weighted by molar-refractivity contribution is 0.214. The summed E-state index contributed by atoms with van der Waals surface area (Å²) >= 11 is 3.42. The smallest absolute Gasteiger partial charge is 0.315 e. The van der Waals surface area contributed by atoms with Gasteiger partial charge in [-0.3, -0.25) is 0 Å². The summed E-state index contributed by atoms with van der Waals surface area (Å²) in [7, 11) is 0. The minimum absolute atomic E-state index is 0.00240. The van der Waals surface area contributed by atoms with Crippen LogP contribution in [0.2, 0.25) is 0 Å². The molecular formula is C17H17BrN2O2. The summed E-state index contributed by atoms with van der Waals surface area (Å²) in [6.07, 6.45) is 0.792. The van der Waals surface area contributed by atoms with E-state index < -0.39 is 0 Å². The molecule has 3 rings (SSSR count). The van der Waals surface area contributed by atoms with E-state index in [0.717, 1.165) is 27.8 Å². The lowest BCUT2D eigenvalue weighted by Crippen LogP contribution is -2.47. The number of benzene rings is 2. The first-order valence-corrected chi connectivity index (χ1v) is 7.99. The SMILES string of the molecule is O=C(NCc1cccc(Br)c1)N[C@@H]1COc2ccccc2C1. The van der Waals surface area contributed by atoms with Crippen LogP contribution < -0.4 is 15.4 Å². The van der Waals surface area contributed by atoms with Gasteiger partial charge in [0.1, 0.15) is 12.4 Å². The van der Waals surface area contributed by atoms with Crippen LogP contribution in [0.1, 0.15) is 11.1 Å². The number of ether oxygens (including phenoxy) is 1. The summed E-state index contributed by atoms with van der Waals surface area (Å²) in [6, 6.07) is 15.6. The Morgan fingerprint density at radius 3 is 2.95 bits per heavy atom. The molecule has 114 valence electrons. The second-order valence-electron chi connectivity index (χ2n) is 5.28. The first kappa shape index (κ1) is 14.9. The maximum absolute atomic E-state index is 12.0. The molecule has 0 aromatic heterocycles. The third-order valence-corrected chi connectivity index (χ3v) is 4.05. The molecule has 2 aromatic rings. The molecule has 4 nitrogen and oxygen atoms in total. The van der Waals surface area contributed by atoms with Crippen LogP contribution in [-0.2, 0) is 13.0 Å². The van der Waals surface area contributed by atoms with Gasteiger partial charge < -0.3 is 15.4 Å². The second-order valence-corrected chi connectivity index (χ2v) is 6.19. The molecule has 0 bridgehead atoms. The van der Waals surface area contributed by atoms with Crippen LogP contribution in [0.15, 0.2) is 53.0 Å². The summed E-state index contributed by atoms with van der Waals surface area (Å²) < 4.78 is 6.67. The number of nitrogens with one attached hydrogen (secondary N) is 2.